The van der Waals surface area contributed by atoms with Gasteiger partial charge in [-0.3, -0.25) is 4.99 Å². The lowest BCUT2D eigenvalue weighted by molar-refractivity contribution is 0.304. The second-order valence-electron chi connectivity index (χ2n) is 3.14. The van der Waals surface area contributed by atoms with Gasteiger partial charge in [-0.05, 0) is 25.9 Å². The summed E-state index contributed by atoms with van der Waals surface area (Å²) in [5.41, 5.74) is 0.339. The minimum Gasteiger partial charge on any atom is -0.369 e. The van der Waals surface area contributed by atoms with Gasteiger partial charge in [-0.15, -0.1) is 0 Å². The molecular weight excluding hydrogens is 126 g/mol. The molecule has 10 heavy (non-hydrogen) atoms. The monoisotopic (exact) mass is 139 g/mol. The summed E-state index contributed by atoms with van der Waals surface area (Å²) in [5, 5.41) is 6.68. The van der Waals surface area contributed by atoms with E-state index in [0.29, 0.717) is 5.54 Å². The maximum atomic E-state index is 4.20. The highest BCUT2D eigenvalue weighted by Crippen LogP contribution is 2.20. The van der Waals surface area contributed by atoms with E-state index >= 15 is 0 Å². The first-order valence-electron chi connectivity index (χ1n) is 3.88. The van der Waals surface area contributed by atoms with Crippen LogP contribution in [0.25, 0.3) is 0 Å². The van der Waals surface area contributed by atoms with Crippen LogP contribution in [0.3, 0.4) is 0 Å². The van der Waals surface area contributed by atoms with Gasteiger partial charge in [0.2, 0.25) is 0 Å². The SMILES string of the molecule is C1=NCC2(CCNCC2)N1. The third-order valence-electron chi connectivity index (χ3n) is 2.42. The Morgan fingerprint density at radius 2 is 2.10 bits per heavy atom. The third kappa shape index (κ3) is 0.904. The van der Waals surface area contributed by atoms with Crippen molar-refractivity contribution < 1.29 is 0 Å². The lowest BCUT2D eigenvalue weighted by Crippen LogP contribution is -2.51. The van der Waals surface area contributed by atoms with Crippen LogP contribution in [-0.4, -0.2) is 31.5 Å². The normalized spacial score (nSPS) is 28.8. The van der Waals surface area contributed by atoms with Gasteiger partial charge in [-0.1, -0.05) is 0 Å². The summed E-state index contributed by atoms with van der Waals surface area (Å²) in [7, 11) is 0. The van der Waals surface area contributed by atoms with Gasteiger partial charge in [0, 0.05) is 0 Å². The molecule has 1 spiro atoms. The predicted octanol–water partition coefficient (Wildman–Crippen LogP) is -0.260. The van der Waals surface area contributed by atoms with Crippen molar-refractivity contribution in [3.8, 4) is 0 Å². The van der Waals surface area contributed by atoms with E-state index in [-0.39, 0.29) is 0 Å². The quantitative estimate of drug-likeness (QED) is 0.485. The van der Waals surface area contributed by atoms with Crippen molar-refractivity contribution in [2.24, 2.45) is 4.99 Å². The Bertz CT molecular complexity index is 137. The fourth-order valence-corrected chi connectivity index (χ4v) is 1.66. The number of aliphatic imine (C=N–C) groups is 1. The van der Waals surface area contributed by atoms with Crippen LogP contribution in [0.4, 0.5) is 0 Å². The average Bonchev–Trinajstić information content (AvgIpc) is 2.39. The number of hydrogen-bond donors (Lipinski definition) is 2. The van der Waals surface area contributed by atoms with Crippen molar-refractivity contribution in [1.82, 2.24) is 10.6 Å². The molecule has 2 N–H and O–H groups in total. The van der Waals surface area contributed by atoms with Crippen molar-refractivity contribution in [2.75, 3.05) is 19.6 Å². The zero-order valence-corrected chi connectivity index (χ0v) is 6.06. The number of nitrogens with one attached hydrogen (secondary N) is 2. The van der Waals surface area contributed by atoms with Crippen molar-refractivity contribution in [3.63, 3.8) is 0 Å². The molecule has 0 bridgehead atoms. The van der Waals surface area contributed by atoms with Crippen LogP contribution in [0.2, 0.25) is 0 Å². The molecule has 0 atom stereocenters. The molecule has 0 aromatic carbocycles. The Hall–Kier alpha value is -0.570. The zero-order valence-electron chi connectivity index (χ0n) is 6.06. The van der Waals surface area contributed by atoms with Crippen LogP contribution in [-0.2, 0) is 0 Å². The Kier molecular flexibility index (Phi) is 1.38. The van der Waals surface area contributed by atoms with E-state index < -0.39 is 0 Å². The van der Waals surface area contributed by atoms with Crippen LogP contribution in [0.1, 0.15) is 12.8 Å². The standard InChI is InChI=1S/C7H13N3/c1-3-8-4-2-7(1)5-9-6-10-7/h6,8H,1-5H2,(H,9,10). The third-order valence-corrected chi connectivity index (χ3v) is 2.42. The van der Waals surface area contributed by atoms with Crippen molar-refractivity contribution in [3.05, 3.63) is 0 Å². The molecule has 0 aromatic heterocycles. The van der Waals surface area contributed by atoms with E-state index in [4.69, 9.17) is 0 Å². The molecule has 0 saturated carbocycles. The number of nitrogens with zero attached hydrogens (tertiary/aromatic N) is 1. The average molecular weight is 139 g/mol. The molecule has 0 unspecified atom stereocenters. The van der Waals surface area contributed by atoms with Crippen LogP contribution in [0, 0.1) is 0 Å². The van der Waals surface area contributed by atoms with Crippen molar-refractivity contribution in [2.45, 2.75) is 18.4 Å². The molecule has 0 aliphatic carbocycles. The second kappa shape index (κ2) is 2.23. The minimum absolute atomic E-state index is 0.339. The van der Waals surface area contributed by atoms with E-state index in [2.05, 4.69) is 15.6 Å². The lowest BCUT2D eigenvalue weighted by Gasteiger charge is -2.33. The summed E-state index contributed by atoms with van der Waals surface area (Å²) in [6.07, 6.45) is 4.28. The summed E-state index contributed by atoms with van der Waals surface area (Å²) in [4.78, 5) is 4.20. The van der Waals surface area contributed by atoms with Gasteiger partial charge in [0.15, 0.2) is 0 Å². The number of hydrogen-bond acceptors (Lipinski definition) is 3. The molecule has 2 rings (SSSR count). The van der Waals surface area contributed by atoms with Gasteiger partial charge in [-0.2, -0.15) is 0 Å². The highest BCUT2D eigenvalue weighted by molar-refractivity contribution is 5.59. The summed E-state index contributed by atoms with van der Waals surface area (Å²) in [6.45, 7) is 3.25. The summed E-state index contributed by atoms with van der Waals surface area (Å²) in [6, 6.07) is 0. The van der Waals surface area contributed by atoms with Gasteiger partial charge >= 0.3 is 0 Å². The molecule has 56 valence electrons. The highest BCUT2D eigenvalue weighted by Gasteiger charge is 2.32. The predicted molar refractivity (Wildman–Crippen MR) is 41.3 cm³/mol. The van der Waals surface area contributed by atoms with E-state index in [1.54, 1.807) is 0 Å². The summed E-state index contributed by atoms with van der Waals surface area (Å²) < 4.78 is 0. The fraction of sp³-hybridized carbons (Fsp3) is 0.857. The van der Waals surface area contributed by atoms with Crippen LogP contribution in [0.15, 0.2) is 4.99 Å². The van der Waals surface area contributed by atoms with Gasteiger partial charge < -0.3 is 10.6 Å². The molecular formula is C7H13N3. The van der Waals surface area contributed by atoms with Gasteiger partial charge in [0.1, 0.15) is 0 Å². The Labute approximate surface area is 60.9 Å². The van der Waals surface area contributed by atoms with E-state index in [9.17, 15) is 0 Å². The van der Waals surface area contributed by atoms with Crippen LogP contribution >= 0.6 is 0 Å². The number of rotatable bonds is 0. The molecule has 0 radical (unpaired) electrons. The lowest BCUT2D eigenvalue weighted by atomic mass is 9.89. The molecule has 3 nitrogen and oxygen atoms in total. The van der Waals surface area contributed by atoms with Gasteiger partial charge in [-0.25, -0.2) is 0 Å². The first-order chi connectivity index (χ1) is 4.91. The molecule has 1 saturated heterocycles. The smallest absolute Gasteiger partial charge is 0.0829 e. The van der Waals surface area contributed by atoms with Crippen LogP contribution < -0.4 is 10.6 Å². The molecule has 0 amide bonds. The topological polar surface area (TPSA) is 36.4 Å². The molecule has 2 heterocycles. The minimum atomic E-state index is 0.339. The maximum absolute atomic E-state index is 4.20. The molecule has 2 aliphatic heterocycles. The first kappa shape index (κ1) is 6.16. The highest BCUT2D eigenvalue weighted by atomic mass is 15.1. The zero-order chi connectivity index (χ0) is 6.86. The van der Waals surface area contributed by atoms with Crippen molar-refractivity contribution >= 4 is 6.34 Å². The van der Waals surface area contributed by atoms with E-state index in [1.807, 2.05) is 6.34 Å². The fourth-order valence-electron chi connectivity index (χ4n) is 1.66. The largest absolute Gasteiger partial charge is 0.369 e. The Morgan fingerprint density at radius 3 is 2.70 bits per heavy atom. The Balaban J connectivity index is 2.00. The Morgan fingerprint density at radius 1 is 1.30 bits per heavy atom. The van der Waals surface area contributed by atoms with Gasteiger partial charge in [0.05, 0.1) is 18.4 Å². The summed E-state index contributed by atoms with van der Waals surface area (Å²) in [5.74, 6) is 0. The maximum Gasteiger partial charge on any atom is 0.0829 e. The molecule has 1 fully saturated rings. The van der Waals surface area contributed by atoms with Gasteiger partial charge in [0.25, 0.3) is 0 Å². The first-order valence-corrected chi connectivity index (χ1v) is 3.88. The van der Waals surface area contributed by atoms with Crippen LogP contribution in [0.5, 0.6) is 0 Å². The molecule has 3 heteroatoms. The number of piperidine rings is 1. The summed E-state index contributed by atoms with van der Waals surface area (Å²) >= 11 is 0. The van der Waals surface area contributed by atoms with Crippen molar-refractivity contribution in [1.29, 1.82) is 0 Å². The molecule has 0 aromatic rings. The van der Waals surface area contributed by atoms with E-state index in [1.165, 1.54) is 12.8 Å². The van der Waals surface area contributed by atoms with E-state index in [0.717, 1.165) is 19.6 Å². The molecule has 2 aliphatic rings. The second-order valence-corrected chi connectivity index (χ2v) is 3.14.